The first-order valence-electron chi connectivity index (χ1n) is 11.1. The molecule has 0 fully saturated rings. The van der Waals surface area contributed by atoms with Gasteiger partial charge in [-0.25, -0.2) is 4.98 Å². The maximum absolute atomic E-state index is 6.34. The Kier molecular flexibility index (Phi) is 9.79. The fourth-order valence-electron chi connectivity index (χ4n) is 4.01. The van der Waals surface area contributed by atoms with E-state index < -0.39 is 0 Å². The molecule has 2 heterocycles. The Bertz CT molecular complexity index is 733. The molecular weight excluding hydrogens is 420 g/mol. The Labute approximate surface area is 188 Å². The first kappa shape index (κ1) is 23.1. The van der Waals surface area contributed by atoms with E-state index in [9.17, 15) is 0 Å². The third kappa shape index (κ3) is 7.55. The van der Waals surface area contributed by atoms with Crippen molar-refractivity contribution in [2.45, 2.75) is 70.6 Å². The summed E-state index contributed by atoms with van der Waals surface area (Å²) in [6, 6.07) is 4.48. The van der Waals surface area contributed by atoms with Crippen molar-refractivity contribution in [2.75, 3.05) is 25.0 Å². The number of fused-ring (bicyclic) bond motifs is 1. The number of hydrogen-bond acceptors (Lipinski definition) is 3. The molecule has 3 nitrogen and oxygen atoms in total. The highest BCUT2D eigenvalue weighted by Crippen LogP contribution is 2.31. The van der Waals surface area contributed by atoms with Gasteiger partial charge in [-0.1, -0.05) is 70.4 Å². The van der Waals surface area contributed by atoms with Crippen molar-refractivity contribution in [3.63, 3.8) is 0 Å². The third-order valence-electron chi connectivity index (χ3n) is 5.74. The van der Waals surface area contributed by atoms with Crippen LogP contribution >= 0.6 is 32.6 Å². The van der Waals surface area contributed by atoms with Gasteiger partial charge in [0.15, 0.2) is 0 Å². The van der Waals surface area contributed by atoms with Crippen LogP contribution in [0.4, 0.5) is 5.82 Å². The van der Waals surface area contributed by atoms with Crippen LogP contribution in [0.5, 0.6) is 0 Å². The maximum atomic E-state index is 6.34. The SMILES string of the molecule is PN(CCCCCCCCc1ccc2c(n1)NCCC2)CC1=C(Cl)CCC=C1Cl. The number of allylic oxidation sites excluding steroid dienone is 2. The molecule has 0 saturated heterocycles. The van der Waals surface area contributed by atoms with E-state index in [0.717, 1.165) is 66.8 Å². The smallest absolute Gasteiger partial charge is 0.129 e. The van der Waals surface area contributed by atoms with Gasteiger partial charge in [-0.2, -0.15) is 0 Å². The number of hydrogen-bond donors (Lipinski definition) is 1. The van der Waals surface area contributed by atoms with Gasteiger partial charge in [0.25, 0.3) is 0 Å². The zero-order valence-electron chi connectivity index (χ0n) is 17.4. The predicted octanol–water partition coefficient (Wildman–Crippen LogP) is 6.82. The molecule has 0 amide bonds. The molecule has 0 spiro atoms. The highest BCUT2D eigenvalue weighted by Gasteiger charge is 2.15. The van der Waals surface area contributed by atoms with E-state index in [4.69, 9.17) is 28.2 Å². The Morgan fingerprint density at radius 3 is 2.66 bits per heavy atom. The number of nitrogens with zero attached hydrogens (tertiary/aromatic N) is 2. The monoisotopic (exact) mass is 453 g/mol. The second-order valence-corrected chi connectivity index (χ2v) is 9.75. The van der Waals surface area contributed by atoms with Gasteiger partial charge >= 0.3 is 0 Å². The zero-order chi connectivity index (χ0) is 20.5. The van der Waals surface area contributed by atoms with Gasteiger partial charge in [0.05, 0.1) is 0 Å². The zero-order valence-corrected chi connectivity index (χ0v) is 20.0. The predicted molar refractivity (Wildman–Crippen MR) is 130 cm³/mol. The van der Waals surface area contributed by atoms with E-state index in [1.54, 1.807) is 0 Å². The molecule has 3 rings (SSSR count). The fourth-order valence-corrected chi connectivity index (χ4v) is 4.98. The van der Waals surface area contributed by atoms with Gasteiger partial charge < -0.3 is 5.32 Å². The summed E-state index contributed by atoms with van der Waals surface area (Å²) in [6.45, 7) is 2.95. The molecule has 160 valence electrons. The molecule has 0 saturated carbocycles. The number of halogens is 2. The van der Waals surface area contributed by atoms with Crippen LogP contribution in [0, 0.1) is 0 Å². The Balaban J connectivity index is 1.23. The molecule has 2 aliphatic rings. The minimum absolute atomic E-state index is 0.821. The van der Waals surface area contributed by atoms with E-state index in [-0.39, 0.29) is 0 Å². The van der Waals surface area contributed by atoms with Crippen molar-refractivity contribution in [2.24, 2.45) is 0 Å². The van der Waals surface area contributed by atoms with Crippen molar-refractivity contribution >= 4 is 38.4 Å². The average molecular weight is 454 g/mol. The standard InChI is InChI=1S/C23H34Cl2N3P/c24-21-11-7-12-22(25)20(21)17-28(29)16-6-4-2-1-3-5-10-19-14-13-18-9-8-15-26-23(18)27-19/h11,13-14H,1-10,12,15-17,29H2,(H,26,27). The van der Waals surface area contributed by atoms with Crippen LogP contribution in [-0.4, -0.2) is 29.3 Å². The summed E-state index contributed by atoms with van der Waals surface area (Å²) < 4.78 is 2.26. The van der Waals surface area contributed by atoms with Gasteiger partial charge in [0.2, 0.25) is 0 Å². The summed E-state index contributed by atoms with van der Waals surface area (Å²) in [6.07, 6.45) is 15.1. The number of nitrogens with one attached hydrogen (secondary N) is 1. The summed E-state index contributed by atoms with van der Waals surface area (Å²) in [5.74, 6) is 1.12. The van der Waals surface area contributed by atoms with Crippen molar-refractivity contribution in [3.05, 3.63) is 45.1 Å². The largest absolute Gasteiger partial charge is 0.370 e. The Morgan fingerprint density at radius 2 is 1.83 bits per heavy atom. The van der Waals surface area contributed by atoms with E-state index in [1.165, 1.54) is 56.2 Å². The summed E-state index contributed by atoms with van der Waals surface area (Å²) in [7, 11) is 2.83. The van der Waals surface area contributed by atoms with Crippen LogP contribution in [0.2, 0.25) is 0 Å². The Hall–Kier alpha value is -0.600. The van der Waals surface area contributed by atoms with Crippen LogP contribution < -0.4 is 5.32 Å². The normalized spacial score (nSPS) is 16.6. The summed E-state index contributed by atoms with van der Waals surface area (Å²) in [5, 5.41) is 5.19. The van der Waals surface area contributed by atoms with E-state index in [0.29, 0.717) is 0 Å². The van der Waals surface area contributed by atoms with Gasteiger partial charge in [0.1, 0.15) is 5.82 Å². The lowest BCUT2D eigenvalue weighted by molar-refractivity contribution is 0.469. The van der Waals surface area contributed by atoms with E-state index in [1.807, 2.05) is 0 Å². The lowest BCUT2D eigenvalue weighted by Crippen LogP contribution is -2.18. The quantitative estimate of drug-likeness (QED) is 0.294. The molecule has 1 N–H and O–H groups in total. The third-order valence-corrected chi connectivity index (χ3v) is 6.98. The highest BCUT2D eigenvalue weighted by molar-refractivity contribution is 7.13. The first-order chi connectivity index (χ1) is 14.1. The topological polar surface area (TPSA) is 28.2 Å². The minimum atomic E-state index is 0.821. The summed E-state index contributed by atoms with van der Waals surface area (Å²) in [4.78, 5) is 4.79. The van der Waals surface area contributed by atoms with Crippen molar-refractivity contribution in [1.82, 2.24) is 9.65 Å². The number of unbranched alkanes of at least 4 members (excludes halogenated alkanes) is 5. The molecule has 0 bridgehead atoms. The van der Waals surface area contributed by atoms with Crippen LogP contribution in [0.3, 0.4) is 0 Å². The number of aryl methyl sites for hydroxylation is 2. The van der Waals surface area contributed by atoms with Gasteiger partial charge in [0, 0.05) is 35.4 Å². The molecule has 1 aliphatic carbocycles. The van der Waals surface area contributed by atoms with Crippen LogP contribution in [0.15, 0.2) is 33.8 Å². The molecule has 6 heteroatoms. The molecule has 1 unspecified atom stereocenters. The van der Waals surface area contributed by atoms with Gasteiger partial charge in [-0.15, -0.1) is 0 Å². The second-order valence-electron chi connectivity index (χ2n) is 8.16. The molecule has 0 aromatic carbocycles. The molecule has 1 aliphatic heterocycles. The maximum Gasteiger partial charge on any atom is 0.129 e. The van der Waals surface area contributed by atoms with E-state index >= 15 is 0 Å². The number of anilines is 1. The van der Waals surface area contributed by atoms with E-state index in [2.05, 4.69) is 37.6 Å². The van der Waals surface area contributed by atoms with Crippen LogP contribution in [-0.2, 0) is 12.8 Å². The van der Waals surface area contributed by atoms with Gasteiger partial charge in [-0.05, 0) is 62.1 Å². The average Bonchev–Trinajstić information content (AvgIpc) is 2.72. The molecule has 1 aromatic rings. The van der Waals surface area contributed by atoms with Crippen molar-refractivity contribution < 1.29 is 0 Å². The molecular formula is C23H34Cl2N3P. The van der Waals surface area contributed by atoms with Gasteiger partial charge in [-0.3, -0.25) is 4.67 Å². The molecule has 29 heavy (non-hydrogen) atoms. The second kappa shape index (κ2) is 12.3. The molecule has 0 radical (unpaired) electrons. The number of rotatable bonds is 11. The number of aromatic nitrogens is 1. The lowest BCUT2D eigenvalue weighted by Gasteiger charge is -2.21. The minimum Gasteiger partial charge on any atom is -0.370 e. The number of pyridine rings is 1. The lowest BCUT2D eigenvalue weighted by atomic mass is 10.0. The molecule has 1 atom stereocenters. The molecule has 1 aromatic heterocycles. The Morgan fingerprint density at radius 1 is 1.03 bits per heavy atom. The highest BCUT2D eigenvalue weighted by atomic mass is 35.5. The van der Waals surface area contributed by atoms with Crippen molar-refractivity contribution in [1.29, 1.82) is 0 Å². The van der Waals surface area contributed by atoms with Crippen LogP contribution in [0.1, 0.15) is 69.0 Å². The van der Waals surface area contributed by atoms with Crippen molar-refractivity contribution in [3.8, 4) is 0 Å². The fraction of sp³-hybridized carbons (Fsp3) is 0.609. The summed E-state index contributed by atoms with van der Waals surface area (Å²) in [5.41, 5.74) is 3.71. The summed E-state index contributed by atoms with van der Waals surface area (Å²) >= 11 is 12.7. The first-order valence-corrected chi connectivity index (χ1v) is 12.4. The van der Waals surface area contributed by atoms with Crippen LogP contribution in [0.25, 0.3) is 0 Å².